The van der Waals surface area contributed by atoms with Crippen molar-refractivity contribution in [3.63, 3.8) is 0 Å². The standard InChI is InChI=1S/C7H8F2.C2H6/c1-5-4-6(8)2-3-7(5)9;1-2/h4H,2-3H2,1H3;1-2H3. The van der Waals surface area contributed by atoms with E-state index < -0.39 is 0 Å². The zero-order chi connectivity index (χ0) is 8.85. The van der Waals surface area contributed by atoms with Crippen LogP contribution >= 0.6 is 0 Å². The van der Waals surface area contributed by atoms with Gasteiger partial charge in [-0.05, 0) is 18.6 Å². The Morgan fingerprint density at radius 2 is 1.73 bits per heavy atom. The van der Waals surface area contributed by atoms with Crippen molar-refractivity contribution in [2.45, 2.75) is 33.6 Å². The van der Waals surface area contributed by atoms with Gasteiger partial charge in [-0.3, -0.25) is 0 Å². The van der Waals surface area contributed by atoms with Crippen molar-refractivity contribution >= 4 is 0 Å². The molecule has 0 fully saturated rings. The van der Waals surface area contributed by atoms with Crippen LogP contribution in [0.1, 0.15) is 33.6 Å². The molecule has 0 bridgehead atoms. The average molecular weight is 160 g/mol. The zero-order valence-corrected chi connectivity index (χ0v) is 7.25. The molecule has 2 heteroatoms. The molecule has 0 saturated carbocycles. The second kappa shape index (κ2) is 5.05. The lowest BCUT2D eigenvalue weighted by Crippen LogP contribution is -1.89. The predicted octanol–water partition coefficient (Wildman–Crippen LogP) is 3.90. The van der Waals surface area contributed by atoms with E-state index in [1.54, 1.807) is 6.92 Å². The van der Waals surface area contributed by atoms with E-state index >= 15 is 0 Å². The molecule has 0 N–H and O–H groups in total. The lowest BCUT2D eigenvalue weighted by Gasteiger charge is -2.05. The molecule has 0 radical (unpaired) electrons. The molecular weight excluding hydrogens is 146 g/mol. The van der Waals surface area contributed by atoms with Gasteiger partial charge < -0.3 is 0 Å². The molecular formula is C9H14F2. The van der Waals surface area contributed by atoms with Crippen molar-refractivity contribution in [2.24, 2.45) is 0 Å². The molecule has 0 spiro atoms. The minimum absolute atomic E-state index is 0.184. The van der Waals surface area contributed by atoms with Crippen LogP contribution in [0.5, 0.6) is 0 Å². The molecule has 0 aromatic rings. The molecule has 1 rings (SSSR count). The number of allylic oxidation sites excluding steroid dienone is 4. The molecule has 1 aliphatic rings. The maximum absolute atomic E-state index is 12.4. The molecule has 64 valence electrons. The highest BCUT2D eigenvalue weighted by molar-refractivity contribution is 5.25. The van der Waals surface area contributed by atoms with Crippen LogP contribution in [0.15, 0.2) is 23.3 Å². The molecule has 0 nitrogen and oxygen atoms in total. The predicted molar refractivity (Wildman–Crippen MR) is 43.6 cm³/mol. The summed E-state index contributed by atoms with van der Waals surface area (Å²) in [6, 6.07) is 0. The number of hydrogen-bond acceptors (Lipinski definition) is 0. The van der Waals surface area contributed by atoms with Gasteiger partial charge in [0.2, 0.25) is 0 Å². The average Bonchev–Trinajstić information content (AvgIpc) is 2.02. The zero-order valence-electron chi connectivity index (χ0n) is 7.25. The molecule has 1 aliphatic carbocycles. The van der Waals surface area contributed by atoms with Crippen LogP contribution in [0.3, 0.4) is 0 Å². The SMILES string of the molecule is CC.CC1=C(F)CCC(F)=C1. The third kappa shape index (κ3) is 3.30. The van der Waals surface area contributed by atoms with Crippen molar-refractivity contribution in [1.29, 1.82) is 0 Å². The van der Waals surface area contributed by atoms with Crippen LogP contribution in [-0.4, -0.2) is 0 Å². The van der Waals surface area contributed by atoms with E-state index in [1.165, 1.54) is 6.08 Å². The Morgan fingerprint density at radius 3 is 2.09 bits per heavy atom. The summed E-state index contributed by atoms with van der Waals surface area (Å²) in [5.74, 6) is -0.398. The van der Waals surface area contributed by atoms with Crippen molar-refractivity contribution in [2.75, 3.05) is 0 Å². The van der Waals surface area contributed by atoms with Gasteiger partial charge in [0.15, 0.2) is 0 Å². The second-order valence-electron chi connectivity index (χ2n) is 2.18. The lowest BCUT2D eigenvalue weighted by molar-refractivity contribution is 0.517. The third-order valence-corrected chi connectivity index (χ3v) is 1.38. The summed E-state index contributed by atoms with van der Waals surface area (Å²) < 4.78 is 24.7. The highest BCUT2D eigenvalue weighted by Gasteiger charge is 2.08. The van der Waals surface area contributed by atoms with E-state index in [9.17, 15) is 8.78 Å². The quantitative estimate of drug-likeness (QED) is 0.504. The Bertz CT molecular complexity index is 178. The van der Waals surface area contributed by atoms with Gasteiger partial charge in [0.05, 0.1) is 0 Å². The van der Waals surface area contributed by atoms with Gasteiger partial charge in [-0.1, -0.05) is 13.8 Å². The van der Waals surface area contributed by atoms with E-state index in [-0.39, 0.29) is 24.5 Å². The first-order valence-electron chi connectivity index (χ1n) is 3.91. The van der Waals surface area contributed by atoms with Gasteiger partial charge >= 0.3 is 0 Å². The summed E-state index contributed by atoms with van der Waals surface area (Å²) in [5, 5.41) is 0. The molecule has 0 atom stereocenters. The molecule has 0 amide bonds. The van der Waals surface area contributed by atoms with Gasteiger partial charge in [0.25, 0.3) is 0 Å². The van der Waals surface area contributed by atoms with Crippen LogP contribution in [-0.2, 0) is 0 Å². The Kier molecular flexibility index (Phi) is 4.75. The summed E-state index contributed by atoms with van der Waals surface area (Å²) in [5.41, 5.74) is 0.429. The fourth-order valence-electron chi connectivity index (χ4n) is 0.812. The van der Waals surface area contributed by atoms with E-state index in [1.807, 2.05) is 13.8 Å². The van der Waals surface area contributed by atoms with Crippen LogP contribution in [0.4, 0.5) is 8.78 Å². The molecule has 0 heterocycles. The first-order chi connectivity index (χ1) is 5.20. The van der Waals surface area contributed by atoms with Gasteiger partial charge in [-0.25, -0.2) is 8.78 Å². The molecule has 0 aromatic carbocycles. The number of halogens is 2. The molecule has 0 aliphatic heterocycles. The normalized spacial score (nSPS) is 17.0. The van der Waals surface area contributed by atoms with Crippen molar-refractivity contribution in [3.8, 4) is 0 Å². The smallest absolute Gasteiger partial charge is 0.103 e. The first-order valence-corrected chi connectivity index (χ1v) is 3.91. The number of hydrogen-bond donors (Lipinski definition) is 0. The molecule has 0 saturated heterocycles. The summed E-state index contributed by atoms with van der Waals surface area (Å²) in [6.07, 6.45) is 1.70. The Labute approximate surface area is 66.6 Å². The van der Waals surface area contributed by atoms with E-state index in [0.717, 1.165) is 0 Å². The summed E-state index contributed by atoms with van der Waals surface area (Å²) in [4.78, 5) is 0. The van der Waals surface area contributed by atoms with Gasteiger partial charge in [0.1, 0.15) is 11.7 Å². The topological polar surface area (TPSA) is 0 Å². The van der Waals surface area contributed by atoms with Crippen molar-refractivity contribution in [1.82, 2.24) is 0 Å². The summed E-state index contributed by atoms with van der Waals surface area (Å²) in [6.45, 7) is 5.58. The van der Waals surface area contributed by atoms with Gasteiger partial charge in [-0.2, -0.15) is 0 Å². The van der Waals surface area contributed by atoms with E-state index in [4.69, 9.17) is 0 Å². The maximum atomic E-state index is 12.4. The van der Waals surface area contributed by atoms with Crippen LogP contribution < -0.4 is 0 Å². The fourth-order valence-corrected chi connectivity index (χ4v) is 0.812. The van der Waals surface area contributed by atoms with Crippen molar-refractivity contribution < 1.29 is 8.78 Å². The Hall–Kier alpha value is -0.660. The molecule has 11 heavy (non-hydrogen) atoms. The van der Waals surface area contributed by atoms with Gasteiger partial charge in [0, 0.05) is 12.8 Å². The lowest BCUT2D eigenvalue weighted by atomic mass is 10.1. The van der Waals surface area contributed by atoms with Gasteiger partial charge in [-0.15, -0.1) is 0 Å². The first kappa shape index (κ1) is 10.3. The second-order valence-corrected chi connectivity index (χ2v) is 2.18. The van der Waals surface area contributed by atoms with Crippen LogP contribution in [0.25, 0.3) is 0 Å². The molecule has 0 unspecified atom stereocenters. The summed E-state index contributed by atoms with van der Waals surface area (Å²) in [7, 11) is 0. The third-order valence-electron chi connectivity index (χ3n) is 1.38. The minimum atomic E-state index is -0.214. The van der Waals surface area contributed by atoms with E-state index in [0.29, 0.717) is 5.57 Å². The summed E-state index contributed by atoms with van der Waals surface area (Å²) >= 11 is 0. The van der Waals surface area contributed by atoms with Crippen molar-refractivity contribution in [3.05, 3.63) is 23.3 Å². The highest BCUT2D eigenvalue weighted by Crippen LogP contribution is 2.24. The van der Waals surface area contributed by atoms with Crippen LogP contribution in [0.2, 0.25) is 0 Å². The minimum Gasteiger partial charge on any atom is -0.212 e. The fraction of sp³-hybridized carbons (Fsp3) is 0.556. The number of rotatable bonds is 0. The Morgan fingerprint density at radius 1 is 1.18 bits per heavy atom. The maximum Gasteiger partial charge on any atom is 0.103 e. The Balaban J connectivity index is 0.000000461. The highest BCUT2D eigenvalue weighted by atomic mass is 19.1. The van der Waals surface area contributed by atoms with E-state index in [2.05, 4.69) is 0 Å². The van der Waals surface area contributed by atoms with Crippen LogP contribution in [0, 0.1) is 0 Å². The largest absolute Gasteiger partial charge is 0.212 e. The molecule has 0 aromatic heterocycles. The monoisotopic (exact) mass is 160 g/mol.